The number of aromatic nitrogens is 1. The second kappa shape index (κ2) is 8.41. The van der Waals surface area contributed by atoms with Gasteiger partial charge in [-0.3, -0.25) is 4.79 Å². The number of pyridine rings is 1. The molecule has 0 unspecified atom stereocenters. The monoisotopic (exact) mass is 457 g/mol. The van der Waals surface area contributed by atoms with Crippen LogP contribution in [0.15, 0.2) is 47.3 Å². The molecule has 0 fully saturated rings. The third kappa shape index (κ3) is 4.01. The molecule has 34 heavy (non-hydrogen) atoms. The molecule has 4 aromatic rings. The maximum Gasteiger partial charge on any atom is 0.337 e. The largest absolute Gasteiger partial charge is 0.479 e. The molecule has 0 bridgehead atoms. The number of hydrogen-bond donors (Lipinski definition) is 2. The van der Waals surface area contributed by atoms with Crippen molar-refractivity contribution in [3.63, 3.8) is 0 Å². The highest BCUT2D eigenvalue weighted by atomic mass is 16.5. The number of aromatic amines is 1. The fraction of sp³-hybridized carbons (Fsp3) is 0.310. The molecule has 0 aliphatic carbocycles. The predicted molar refractivity (Wildman–Crippen MR) is 138 cm³/mol. The molecule has 0 aliphatic heterocycles. The van der Waals surface area contributed by atoms with Crippen LogP contribution in [-0.2, 0) is 9.53 Å². The maximum absolute atomic E-state index is 13.1. The fourth-order valence-electron chi connectivity index (χ4n) is 4.88. The van der Waals surface area contributed by atoms with Gasteiger partial charge in [0.1, 0.15) is 0 Å². The molecule has 5 nitrogen and oxygen atoms in total. The van der Waals surface area contributed by atoms with E-state index >= 15 is 0 Å². The number of nitrogens with one attached hydrogen (secondary N) is 1. The van der Waals surface area contributed by atoms with E-state index in [4.69, 9.17) is 4.74 Å². The van der Waals surface area contributed by atoms with Crippen LogP contribution in [0, 0.1) is 27.7 Å². The van der Waals surface area contributed by atoms with Crippen LogP contribution >= 0.6 is 0 Å². The molecule has 4 rings (SSSR count). The van der Waals surface area contributed by atoms with Gasteiger partial charge >= 0.3 is 5.97 Å². The summed E-state index contributed by atoms with van der Waals surface area (Å²) in [5, 5.41) is 12.7. The zero-order chi connectivity index (χ0) is 24.9. The summed E-state index contributed by atoms with van der Waals surface area (Å²) < 4.78 is 6.10. The number of benzene rings is 3. The number of carbonyl (C=O) groups is 1. The quantitative estimate of drug-likeness (QED) is 0.342. The average Bonchev–Trinajstić information content (AvgIpc) is 2.74. The van der Waals surface area contributed by atoms with Crippen LogP contribution in [0.5, 0.6) is 0 Å². The molecule has 3 aromatic carbocycles. The Morgan fingerprint density at radius 1 is 0.941 bits per heavy atom. The Morgan fingerprint density at radius 3 is 2.18 bits per heavy atom. The summed E-state index contributed by atoms with van der Waals surface area (Å²) in [6.07, 6.45) is -1.20. The van der Waals surface area contributed by atoms with Crippen molar-refractivity contribution in [3.8, 4) is 11.1 Å². The lowest BCUT2D eigenvalue weighted by molar-refractivity contribution is -0.160. The molecule has 0 amide bonds. The van der Waals surface area contributed by atoms with Crippen molar-refractivity contribution in [2.24, 2.45) is 0 Å². The minimum atomic E-state index is -1.20. The highest BCUT2D eigenvalue weighted by Gasteiger charge is 2.33. The molecule has 0 radical (unpaired) electrons. The van der Waals surface area contributed by atoms with Gasteiger partial charge in [-0.2, -0.15) is 0 Å². The van der Waals surface area contributed by atoms with Gasteiger partial charge in [-0.25, -0.2) is 4.79 Å². The fourth-order valence-corrected chi connectivity index (χ4v) is 4.88. The summed E-state index contributed by atoms with van der Waals surface area (Å²) >= 11 is 0. The van der Waals surface area contributed by atoms with Crippen molar-refractivity contribution in [1.29, 1.82) is 0 Å². The normalized spacial score (nSPS) is 12.9. The van der Waals surface area contributed by atoms with Gasteiger partial charge in [-0.05, 0) is 81.7 Å². The molecule has 0 saturated heterocycles. The second-order valence-corrected chi connectivity index (χ2v) is 10.1. The van der Waals surface area contributed by atoms with E-state index < -0.39 is 17.7 Å². The molecule has 176 valence electrons. The summed E-state index contributed by atoms with van der Waals surface area (Å²) in [5.41, 5.74) is 5.73. The lowest BCUT2D eigenvalue weighted by Crippen LogP contribution is -2.28. The topological polar surface area (TPSA) is 79.4 Å². The Hall–Kier alpha value is -3.44. The van der Waals surface area contributed by atoms with E-state index in [9.17, 15) is 14.7 Å². The standard InChI is InChI=1S/C29H31NO4/c1-15-11-13-19(14-12-15)22-17(3)23-20-10-8-9-16(2)21(20)27(31)30-25(23)18(4)24(22)26(28(32)33)34-29(5,6)7/h8-14,26H,1-7H3,(H,30,31)(H,32,33)/t26-/m0/s1. The molecular formula is C29H31NO4. The first-order chi connectivity index (χ1) is 15.9. The second-order valence-electron chi connectivity index (χ2n) is 10.1. The van der Waals surface area contributed by atoms with Gasteiger partial charge < -0.3 is 14.8 Å². The molecule has 0 saturated carbocycles. The molecular weight excluding hydrogens is 426 g/mol. The zero-order valence-electron chi connectivity index (χ0n) is 20.8. The SMILES string of the molecule is Cc1ccc(-c2c([C@H](OC(C)(C)C)C(=O)O)c(C)c3[nH]c(=O)c4c(C)cccc4c3c2C)cc1. The van der Waals surface area contributed by atoms with Gasteiger partial charge in [0.15, 0.2) is 6.10 Å². The Bertz CT molecular complexity index is 1490. The van der Waals surface area contributed by atoms with Crippen LogP contribution in [-0.4, -0.2) is 21.7 Å². The van der Waals surface area contributed by atoms with E-state index in [0.29, 0.717) is 22.0 Å². The number of carboxylic acids is 1. The van der Waals surface area contributed by atoms with E-state index in [1.807, 2.05) is 90.9 Å². The van der Waals surface area contributed by atoms with Crippen LogP contribution in [0.3, 0.4) is 0 Å². The van der Waals surface area contributed by atoms with E-state index in [1.165, 1.54) is 0 Å². The smallest absolute Gasteiger partial charge is 0.337 e. The number of carboxylic acid groups (broad SMARTS) is 1. The summed E-state index contributed by atoms with van der Waals surface area (Å²) in [6, 6.07) is 13.9. The van der Waals surface area contributed by atoms with Crippen molar-refractivity contribution in [1.82, 2.24) is 4.98 Å². The van der Waals surface area contributed by atoms with Crippen LogP contribution in [0.4, 0.5) is 0 Å². The predicted octanol–water partition coefficient (Wildman–Crippen LogP) is 6.52. The number of ether oxygens (including phenoxy) is 1. The van der Waals surface area contributed by atoms with Crippen molar-refractivity contribution in [2.45, 2.75) is 60.2 Å². The Kier molecular flexibility index (Phi) is 5.86. The van der Waals surface area contributed by atoms with Gasteiger partial charge in [0, 0.05) is 10.9 Å². The zero-order valence-corrected chi connectivity index (χ0v) is 20.8. The maximum atomic E-state index is 13.1. The number of aryl methyl sites for hydroxylation is 4. The van der Waals surface area contributed by atoms with Crippen LogP contribution < -0.4 is 5.56 Å². The average molecular weight is 458 g/mol. The third-order valence-corrected chi connectivity index (χ3v) is 6.35. The third-order valence-electron chi connectivity index (χ3n) is 6.35. The number of hydrogen-bond acceptors (Lipinski definition) is 3. The lowest BCUT2D eigenvalue weighted by Gasteiger charge is -2.29. The van der Waals surface area contributed by atoms with Gasteiger partial charge in [-0.1, -0.05) is 48.0 Å². The molecule has 5 heteroatoms. The summed E-state index contributed by atoms with van der Waals surface area (Å²) in [7, 11) is 0. The van der Waals surface area contributed by atoms with Gasteiger partial charge in [-0.15, -0.1) is 0 Å². The van der Waals surface area contributed by atoms with Gasteiger partial charge in [0.25, 0.3) is 5.56 Å². The van der Waals surface area contributed by atoms with E-state index in [-0.39, 0.29) is 5.56 Å². The first-order valence-electron chi connectivity index (χ1n) is 11.5. The number of rotatable bonds is 4. The molecule has 1 atom stereocenters. The lowest BCUT2D eigenvalue weighted by atomic mass is 9.84. The van der Waals surface area contributed by atoms with E-state index in [1.54, 1.807) is 0 Å². The Labute approximate surface area is 199 Å². The minimum absolute atomic E-state index is 0.180. The van der Waals surface area contributed by atoms with Gasteiger partial charge in [0.05, 0.1) is 16.5 Å². The molecule has 0 spiro atoms. The number of aliphatic carboxylic acids is 1. The van der Waals surface area contributed by atoms with Gasteiger partial charge in [0.2, 0.25) is 0 Å². The summed E-state index contributed by atoms with van der Waals surface area (Å²) in [4.78, 5) is 28.7. The summed E-state index contributed by atoms with van der Waals surface area (Å²) in [6.45, 7) is 13.3. The highest BCUT2D eigenvalue weighted by molar-refractivity contribution is 6.11. The molecule has 1 heterocycles. The Morgan fingerprint density at radius 2 is 1.59 bits per heavy atom. The van der Waals surface area contributed by atoms with Crippen molar-refractivity contribution in [2.75, 3.05) is 0 Å². The molecule has 0 aliphatic rings. The Balaban J connectivity index is 2.24. The van der Waals surface area contributed by atoms with Crippen LogP contribution in [0.2, 0.25) is 0 Å². The van der Waals surface area contributed by atoms with Crippen molar-refractivity contribution < 1.29 is 14.6 Å². The highest BCUT2D eigenvalue weighted by Crippen LogP contribution is 2.43. The first-order valence-corrected chi connectivity index (χ1v) is 11.5. The van der Waals surface area contributed by atoms with Crippen molar-refractivity contribution in [3.05, 3.63) is 80.6 Å². The molecule has 1 aromatic heterocycles. The van der Waals surface area contributed by atoms with E-state index in [2.05, 4.69) is 4.98 Å². The molecule has 2 N–H and O–H groups in total. The first kappa shape index (κ1) is 23.7. The summed E-state index contributed by atoms with van der Waals surface area (Å²) in [5.74, 6) is -1.07. The van der Waals surface area contributed by atoms with Crippen molar-refractivity contribution >= 4 is 27.6 Å². The van der Waals surface area contributed by atoms with Crippen LogP contribution in [0.25, 0.3) is 32.8 Å². The van der Waals surface area contributed by atoms with E-state index in [0.717, 1.165) is 38.6 Å². The van der Waals surface area contributed by atoms with Crippen LogP contribution in [0.1, 0.15) is 54.7 Å². The minimum Gasteiger partial charge on any atom is -0.479 e. The number of H-pyrrole nitrogens is 1. The number of fused-ring (bicyclic) bond motifs is 3.